The highest BCUT2D eigenvalue weighted by atomic mass is 31.2. The molecule has 2 atom stereocenters. The Balaban J connectivity index is 1.98. The predicted molar refractivity (Wildman–Crippen MR) is 80.4 cm³/mol. The molecule has 1 aliphatic heterocycles. The second-order valence-corrected chi connectivity index (χ2v) is 7.87. The summed E-state index contributed by atoms with van der Waals surface area (Å²) in [5.41, 5.74) is 0. The van der Waals surface area contributed by atoms with Crippen LogP contribution >= 0.6 is 7.14 Å². The molecule has 104 valence electrons. The van der Waals surface area contributed by atoms with Crippen LogP contribution in [-0.4, -0.2) is 30.1 Å². The Morgan fingerprint density at radius 3 is 1.80 bits per heavy atom. The minimum absolute atomic E-state index is 0.00571. The van der Waals surface area contributed by atoms with Gasteiger partial charge in [-0.3, -0.25) is 0 Å². The second-order valence-electron chi connectivity index (χ2n) is 4.99. The number of hydrogen-bond acceptors (Lipinski definition) is 3. The van der Waals surface area contributed by atoms with Gasteiger partial charge < -0.3 is 14.4 Å². The van der Waals surface area contributed by atoms with E-state index in [1.54, 1.807) is 0 Å². The zero-order valence-electron chi connectivity index (χ0n) is 11.1. The fraction of sp³-hybridized carbons (Fsp3) is 0.250. The van der Waals surface area contributed by atoms with Crippen LogP contribution in [0.1, 0.15) is 0 Å². The van der Waals surface area contributed by atoms with Crippen LogP contribution in [0, 0.1) is 0 Å². The highest BCUT2D eigenvalue weighted by molar-refractivity contribution is 7.78. The largest absolute Gasteiger partial charge is 0.394 e. The first-order valence-electron chi connectivity index (χ1n) is 6.70. The van der Waals surface area contributed by atoms with Crippen molar-refractivity contribution < 1.29 is 14.4 Å². The van der Waals surface area contributed by atoms with Gasteiger partial charge >= 0.3 is 0 Å². The Kier molecular flexibility index (Phi) is 3.75. The number of rotatable bonds is 5. The molecule has 0 unspecified atom stereocenters. The lowest BCUT2D eigenvalue weighted by Gasteiger charge is -2.18. The summed E-state index contributed by atoms with van der Waals surface area (Å²) in [6.45, 7) is -0.00571. The van der Waals surface area contributed by atoms with E-state index in [1.807, 2.05) is 60.7 Å². The third-order valence-electron chi connectivity index (χ3n) is 3.65. The van der Waals surface area contributed by atoms with E-state index < -0.39 is 7.14 Å². The van der Waals surface area contributed by atoms with Crippen molar-refractivity contribution in [3.8, 4) is 0 Å². The molecule has 0 bridgehead atoms. The van der Waals surface area contributed by atoms with Gasteiger partial charge in [0.25, 0.3) is 0 Å². The number of aliphatic hydroxyl groups excluding tert-OH is 1. The van der Waals surface area contributed by atoms with Gasteiger partial charge in [-0.1, -0.05) is 60.7 Å². The minimum Gasteiger partial charge on any atom is -0.394 e. The lowest BCUT2D eigenvalue weighted by molar-refractivity contribution is 0.242. The van der Waals surface area contributed by atoms with Gasteiger partial charge in [-0.2, -0.15) is 0 Å². The summed E-state index contributed by atoms with van der Waals surface area (Å²) in [6.07, 6.45) is 0.189. The van der Waals surface area contributed by atoms with Crippen molar-refractivity contribution in [1.82, 2.24) is 0 Å². The maximum Gasteiger partial charge on any atom is 0.145 e. The molecule has 0 spiro atoms. The molecule has 2 aromatic carbocycles. The Labute approximate surface area is 118 Å². The number of hydrogen-bond donors (Lipinski definition) is 1. The van der Waals surface area contributed by atoms with E-state index >= 15 is 0 Å². The van der Waals surface area contributed by atoms with Crippen LogP contribution in [0.2, 0.25) is 0 Å². The molecule has 1 heterocycles. The van der Waals surface area contributed by atoms with Crippen molar-refractivity contribution in [1.29, 1.82) is 0 Å². The molecule has 0 aromatic heterocycles. The number of epoxide rings is 1. The monoisotopic (exact) mass is 288 g/mol. The van der Waals surface area contributed by atoms with Gasteiger partial charge in [-0.25, -0.2) is 0 Å². The number of aliphatic hydroxyl groups is 1. The molecule has 3 rings (SSSR count). The highest BCUT2D eigenvalue weighted by Crippen LogP contribution is 2.47. The van der Waals surface area contributed by atoms with Crippen molar-refractivity contribution in [3.05, 3.63) is 60.7 Å². The Bertz CT molecular complexity index is 569. The van der Waals surface area contributed by atoms with E-state index in [4.69, 9.17) is 9.84 Å². The maximum atomic E-state index is 13.6. The standard InChI is InChI=1S/C16H17O3P/c17-11-15-16(19-15)12-20(18,13-7-3-1-4-8-13)14-9-5-2-6-10-14/h1-10,15-17H,11-12H2/t15-,16-/m0/s1. The highest BCUT2D eigenvalue weighted by Gasteiger charge is 2.44. The number of ether oxygens (including phenoxy) is 1. The van der Waals surface area contributed by atoms with E-state index in [0.29, 0.717) is 6.16 Å². The Hall–Kier alpha value is -1.41. The Morgan fingerprint density at radius 2 is 1.40 bits per heavy atom. The molecule has 0 saturated carbocycles. The van der Waals surface area contributed by atoms with Gasteiger partial charge in [0.15, 0.2) is 0 Å². The molecule has 0 amide bonds. The van der Waals surface area contributed by atoms with Gasteiger partial charge in [0, 0.05) is 16.8 Å². The zero-order chi connectivity index (χ0) is 14.0. The quantitative estimate of drug-likeness (QED) is 0.674. The molecule has 0 radical (unpaired) electrons. The van der Waals surface area contributed by atoms with Gasteiger partial charge in [0.2, 0.25) is 0 Å². The molecule has 20 heavy (non-hydrogen) atoms. The average Bonchev–Trinajstić information content (AvgIpc) is 3.27. The van der Waals surface area contributed by atoms with E-state index in [1.165, 1.54) is 0 Å². The minimum atomic E-state index is -2.70. The summed E-state index contributed by atoms with van der Waals surface area (Å²) in [5.74, 6) is 0. The smallest absolute Gasteiger partial charge is 0.145 e. The normalized spacial score (nSPS) is 21.6. The third kappa shape index (κ3) is 2.57. The lowest BCUT2D eigenvalue weighted by Crippen LogP contribution is -2.21. The fourth-order valence-electron chi connectivity index (χ4n) is 2.45. The first-order valence-corrected chi connectivity index (χ1v) is 8.60. The maximum absolute atomic E-state index is 13.6. The van der Waals surface area contributed by atoms with Crippen molar-refractivity contribution in [3.63, 3.8) is 0 Å². The molecule has 0 aliphatic carbocycles. The van der Waals surface area contributed by atoms with Gasteiger partial charge in [0.1, 0.15) is 13.2 Å². The van der Waals surface area contributed by atoms with E-state index in [2.05, 4.69) is 0 Å². The summed E-state index contributed by atoms with van der Waals surface area (Å²) in [7, 11) is -2.70. The van der Waals surface area contributed by atoms with Gasteiger partial charge in [-0.05, 0) is 0 Å². The topological polar surface area (TPSA) is 49.8 Å². The van der Waals surface area contributed by atoms with E-state index in [-0.39, 0.29) is 18.8 Å². The van der Waals surface area contributed by atoms with Crippen molar-refractivity contribution >= 4 is 17.8 Å². The molecule has 1 fully saturated rings. The first-order chi connectivity index (χ1) is 9.74. The zero-order valence-corrected chi connectivity index (χ0v) is 11.9. The first kappa shape index (κ1) is 13.6. The average molecular weight is 288 g/mol. The fourth-order valence-corrected chi connectivity index (χ4v) is 5.31. The van der Waals surface area contributed by atoms with Gasteiger partial charge in [0.05, 0.1) is 12.7 Å². The van der Waals surface area contributed by atoms with Crippen LogP contribution in [-0.2, 0) is 9.30 Å². The summed E-state index contributed by atoms with van der Waals surface area (Å²) in [6, 6.07) is 19.1. The van der Waals surface area contributed by atoms with Crippen LogP contribution in [0.5, 0.6) is 0 Å². The molecule has 1 aliphatic rings. The van der Waals surface area contributed by atoms with Gasteiger partial charge in [-0.15, -0.1) is 0 Å². The summed E-state index contributed by atoms with van der Waals surface area (Å²) in [4.78, 5) is 0. The molecular weight excluding hydrogens is 271 g/mol. The molecule has 3 nitrogen and oxygen atoms in total. The Morgan fingerprint density at radius 1 is 0.900 bits per heavy atom. The van der Waals surface area contributed by atoms with Crippen LogP contribution in [0.4, 0.5) is 0 Å². The van der Waals surface area contributed by atoms with Crippen molar-refractivity contribution in [2.24, 2.45) is 0 Å². The molecule has 1 N–H and O–H groups in total. The van der Waals surface area contributed by atoms with Crippen LogP contribution in [0.3, 0.4) is 0 Å². The lowest BCUT2D eigenvalue weighted by atomic mass is 10.3. The summed E-state index contributed by atoms with van der Waals surface area (Å²) >= 11 is 0. The summed E-state index contributed by atoms with van der Waals surface area (Å²) in [5, 5.41) is 10.8. The van der Waals surface area contributed by atoms with Crippen LogP contribution < -0.4 is 10.6 Å². The molecule has 2 aromatic rings. The molecule has 4 heteroatoms. The second kappa shape index (κ2) is 5.53. The SMILES string of the molecule is O=P(C[C@@H]1O[C@H]1CO)(c1ccccc1)c1ccccc1. The van der Waals surface area contributed by atoms with Crippen molar-refractivity contribution in [2.45, 2.75) is 12.2 Å². The predicted octanol–water partition coefficient (Wildman–Crippen LogP) is 1.76. The van der Waals surface area contributed by atoms with Crippen LogP contribution in [0.25, 0.3) is 0 Å². The van der Waals surface area contributed by atoms with Crippen molar-refractivity contribution in [2.75, 3.05) is 12.8 Å². The van der Waals surface area contributed by atoms with Crippen LogP contribution in [0.15, 0.2) is 60.7 Å². The third-order valence-corrected chi connectivity index (χ3v) is 6.79. The van der Waals surface area contributed by atoms with E-state index in [0.717, 1.165) is 10.6 Å². The number of benzene rings is 2. The molecule has 1 saturated heterocycles. The molecular formula is C16H17O3P. The summed E-state index contributed by atoms with van der Waals surface area (Å²) < 4.78 is 18.9. The van der Waals surface area contributed by atoms with E-state index in [9.17, 15) is 4.57 Å².